The van der Waals surface area contributed by atoms with Crippen LogP contribution in [0.2, 0.25) is 0 Å². The normalized spacial score (nSPS) is 25.6. The van der Waals surface area contributed by atoms with Gasteiger partial charge >= 0.3 is 0 Å². The predicted octanol–water partition coefficient (Wildman–Crippen LogP) is 3.53. The van der Waals surface area contributed by atoms with Gasteiger partial charge in [0.25, 0.3) is 0 Å². The summed E-state index contributed by atoms with van der Waals surface area (Å²) in [5, 5.41) is 10.8. The van der Waals surface area contributed by atoms with Crippen molar-refractivity contribution >= 4 is 18.1 Å². The fourth-order valence-electron chi connectivity index (χ4n) is 4.03. The highest BCUT2D eigenvalue weighted by Crippen LogP contribution is 2.38. The van der Waals surface area contributed by atoms with Crippen molar-refractivity contribution in [1.82, 2.24) is 10.3 Å². The van der Waals surface area contributed by atoms with Crippen LogP contribution in [0.1, 0.15) is 17.2 Å². The van der Waals surface area contributed by atoms with E-state index in [0.717, 1.165) is 19.5 Å². The largest absolute Gasteiger partial charge is 0.315 e. The van der Waals surface area contributed by atoms with Crippen LogP contribution >= 0.6 is 12.4 Å². The number of benzene rings is 2. The maximum Gasteiger partial charge on any atom is 0.0810 e. The number of hydrogen-bond donors (Lipinski definition) is 1. The molecule has 126 valence electrons. The van der Waals surface area contributed by atoms with Gasteiger partial charge in [0.1, 0.15) is 0 Å². The summed E-state index contributed by atoms with van der Waals surface area (Å²) in [6.45, 7) is 2.05. The van der Waals surface area contributed by atoms with Crippen LogP contribution in [-0.4, -0.2) is 30.9 Å². The lowest BCUT2D eigenvalue weighted by Gasteiger charge is -2.32. The first-order chi connectivity index (χ1) is 11.3. The van der Waals surface area contributed by atoms with E-state index in [0.29, 0.717) is 17.9 Å². The minimum absolute atomic E-state index is 0. The summed E-state index contributed by atoms with van der Waals surface area (Å²) in [5.41, 5.74) is 4.14. The van der Waals surface area contributed by atoms with Gasteiger partial charge in [-0.1, -0.05) is 60.7 Å². The highest BCUT2D eigenvalue weighted by Gasteiger charge is 2.41. The van der Waals surface area contributed by atoms with E-state index in [9.17, 15) is 0 Å². The van der Waals surface area contributed by atoms with Crippen LogP contribution in [0.5, 0.6) is 0 Å². The molecule has 4 heteroatoms. The average Bonchev–Trinajstić information content (AvgIpc) is 2.94. The zero-order valence-corrected chi connectivity index (χ0v) is 14.7. The Morgan fingerprint density at radius 3 is 2.38 bits per heavy atom. The Bertz CT molecular complexity index is 687. The molecule has 0 radical (unpaired) electrons. The molecule has 0 spiro atoms. The Balaban J connectivity index is 0.00000169. The van der Waals surface area contributed by atoms with Crippen molar-refractivity contribution in [2.24, 2.45) is 16.9 Å². The quantitative estimate of drug-likeness (QED) is 0.924. The summed E-state index contributed by atoms with van der Waals surface area (Å²) in [6.07, 6.45) is 1.07. The lowest BCUT2D eigenvalue weighted by molar-refractivity contribution is 0.243. The van der Waals surface area contributed by atoms with Gasteiger partial charge in [-0.05, 0) is 17.5 Å². The molecule has 3 atom stereocenters. The van der Waals surface area contributed by atoms with Crippen LogP contribution in [0.15, 0.2) is 65.8 Å². The van der Waals surface area contributed by atoms with Crippen LogP contribution in [-0.2, 0) is 6.42 Å². The monoisotopic (exact) mass is 341 g/mol. The van der Waals surface area contributed by atoms with E-state index in [-0.39, 0.29) is 12.4 Å². The third kappa shape index (κ3) is 3.19. The Hall–Kier alpha value is -1.84. The zero-order chi connectivity index (χ0) is 15.6. The molecular weight excluding hydrogens is 318 g/mol. The summed E-state index contributed by atoms with van der Waals surface area (Å²) < 4.78 is 0. The van der Waals surface area contributed by atoms with E-state index in [1.165, 1.54) is 16.8 Å². The van der Waals surface area contributed by atoms with Crippen molar-refractivity contribution in [3.63, 3.8) is 0 Å². The van der Waals surface area contributed by atoms with Gasteiger partial charge in [0.2, 0.25) is 0 Å². The molecule has 24 heavy (non-hydrogen) atoms. The van der Waals surface area contributed by atoms with Crippen molar-refractivity contribution in [2.75, 3.05) is 20.1 Å². The van der Waals surface area contributed by atoms with Gasteiger partial charge in [0, 0.05) is 37.7 Å². The number of hydrazone groups is 1. The molecule has 0 saturated carbocycles. The second kappa shape index (κ2) is 7.37. The molecule has 2 aliphatic heterocycles. The number of hydrogen-bond acceptors (Lipinski definition) is 3. The van der Waals surface area contributed by atoms with Crippen LogP contribution in [0.25, 0.3) is 0 Å². The van der Waals surface area contributed by atoms with E-state index in [4.69, 9.17) is 5.10 Å². The minimum atomic E-state index is 0. The fraction of sp³-hybridized carbons (Fsp3) is 0.350. The summed E-state index contributed by atoms with van der Waals surface area (Å²) in [7, 11) is 2.11. The SMILES string of the molecule is CN1N=C2C(Cc3ccccc3)CNCC2C1c1ccccc1.Cl. The average molecular weight is 342 g/mol. The number of nitrogens with zero attached hydrogens (tertiary/aromatic N) is 2. The minimum Gasteiger partial charge on any atom is -0.315 e. The first kappa shape index (κ1) is 17.0. The fourth-order valence-corrected chi connectivity index (χ4v) is 4.03. The van der Waals surface area contributed by atoms with Crippen LogP contribution in [0.4, 0.5) is 0 Å². The standard InChI is InChI=1S/C20H23N3.ClH/c1-23-20(16-10-6-3-7-11-16)18-14-21-13-17(19(18)22-23)12-15-8-4-2-5-9-15;/h2-11,17-18,20-21H,12-14H2,1H3;1H. The van der Waals surface area contributed by atoms with Gasteiger partial charge < -0.3 is 5.32 Å². The van der Waals surface area contributed by atoms with Gasteiger partial charge in [-0.15, -0.1) is 12.4 Å². The van der Waals surface area contributed by atoms with Gasteiger partial charge in [-0.2, -0.15) is 5.10 Å². The van der Waals surface area contributed by atoms with Crippen molar-refractivity contribution in [3.8, 4) is 0 Å². The summed E-state index contributed by atoms with van der Waals surface area (Å²) in [6, 6.07) is 21.9. The molecule has 3 unspecified atom stereocenters. The molecular formula is C20H24ClN3. The first-order valence-electron chi connectivity index (χ1n) is 8.44. The number of halogens is 1. The second-order valence-corrected chi connectivity index (χ2v) is 6.61. The molecule has 0 amide bonds. The maximum absolute atomic E-state index is 4.96. The lowest BCUT2D eigenvalue weighted by atomic mass is 9.79. The number of piperidine rings is 1. The van der Waals surface area contributed by atoms with Gasteiger partial charge in [0.15, 0.2) is 0 Å². The highest BCUT2D eigenvalue weighted by molar-refractivity contribution is 5.92. The maximum atomic E-state index is 4.96. The van der Waals surface area contributed by atoms with Crippen LogP contribution in [0.3, 0.4) is 0 Å². The summed E-state index contributed by atoms with van der Waals surface area (Å²) >= 11 is 0. The van der Waals surface area contributed by atoms with E-state index in [1.54, 1.807) is 0 Å². The molecule has 2 aliphatic rings. The first-order valence-corrected chi connectivity index (χ1v) is 8.44. The molecule has 4 rings (SSSR count). The molecule has 1 saturated heterocycles. The summed E-state index contributed by atoms with van der Waals surface area (Å²) in [4.78, 5) is 0. The van der Waals surface area contributed by atoms with Crippen LogP contribution < -0.4 is 5.32 Å². The van der Waals surface area contributed by atoms with Gasteiger partial charge in [0.05, 0.1) is 6.04 Å². The van der Waals surface area contributed by atoms with Crippen molar-refractivity contribution in [2.45, 2.75) is 12.5 Å². The Morgan fingerprint density at radius 2 is 1.67 bits per heavy atom. The molecule has 0 bridgehead atoms. The van der Waals surface area contributed by atoms with Crippen molar-refractivity contribution in [1.29, 1.82) is 0 Å². The Labute approximate surface area is 150 Å². The third-order valence-corrected chi connectivity index (χ3v) is 5.08. The van der Waals surface area contributed by atoms with Crippen molar-refractivity contribution < 1.29 is 0 Å². The van der Waals surface area contributed by atoms with E-state index in [1.807, 2.05) is 0 Å². The van der Waals surface area contributed by atoms with E-state index < -0.39 is 0 Å². The highest BCUT2D eigenvalue weighted by atomic mass is 35.5. The van der Waals surface area contributed by atoms with Gasteiger partial charge in [-0.3, -0.25) is 5.01 Å². The number of fused-ring (bicyclic) bond motifs is 1. The molecule has 2 aromatic rings. The van der Waals surface area contributed by atoms with Crippen molar-refractivity contribution in [3.05, 3.63) is 71.8 Å². The molecule has 1 fully saturated rings. The lowest BCUT2D eigenvalue weighted by Crippen LogP contribution is -2.45. The summed E-state index contributed by atoms with van der Waals surface area (Å²) in [5.74, 6) is 0.970. The zero-order valence-electron chi connectivity index (χ0n) is 13.9. The second-order valence-electron chi connectivity index (χ2n) is 6.61. The molecule has 0 aromatic heterocycles. The molecule has 2 heterocycles. The van der Waals surface area contributed by atoms with E-state index >= 15 is 0 Å². The topological polar surface area (TPSA) is 27.6 Å². The number of rotatable bonds is 3. The molecule has 2 aromatic carbocycles. The Morgan fingerprint density at radius 1 is 1.00 bits per heavy atom. The molecule has 0 aliphatic carbocycles. The predicted molar refractivity (Wildman–Crippen MR) is 102 cm³/mol. The van der Waals surface area contributed by atoms with E-state index in [2.05, 4.69) is 78.0 Å². The molecule has 3 nitrogen and oxygen atoms in total. The Kier molecular flexibility index (Phi) is 5.22. The van der Waals surface area contributed by atoms with Crippen LogP contribution in [0, 0.1) is 11.8 Å². The van der Waals surface area contributed by atoms with Gasteiger partial charge in [-0.25, -0.2) is 0 Å². The third-order valence-electron chi connectivity index (χ3n) is 5.08. The molecule has 1 N–H and O–H groups in total. The number of nitrogens with one attached hydrogen (secondary N) is 1. The smallest absolute Gasteiger partial charge is 0.0810 e.